The Kier molecular flexibility index (Phi) is 65.2. The molecule has 0 radical (unpaired) electrons. The second kappa shape index (κ2) is 68.6. The monoisotopic (exact) mass is 1120 g/mol. The van der Waals surface area contributed by atoms with E-state index in [1.54, 1.807) is 0 Å². The fourth-order valence-corrected chi connectivity index (χ4v) is 9.60. The zero-order chi connectivity index (χ0) is 58.5. The minimum atomic E-state index is -0.801. The largest absolute Gasteiger partial charge is 0.462 e. The average Bonchev–Trinajstić information content (AvgIpc) is 3.46. The molecule has 0 aliphatic carbocycles. The third kappa shape index (κ3) is 66.8. The summed E-state index contributed by atoms with van der Waals surface area (Å²) in [6, 6.07) is 0. The SMILES string of the molecule is CC/C=C\C/C=C\C/C=C\C/C=C\C/C=C\C/C=C\CCCCCCC(=O)OC(COC(=O)CCCCCCC/C=C\C/C=C\CCC)COC(=O)CCCCCCCCCCCCCCCCC/C=C\CCCCCCCCCC. The lowest BCUT2D eigenvalue weighted by molar-refractivity contribution is -0.167. The molecule has 0 bridgehead atoms. The number of allylic oxidation sites excluding steroid dienone is 18. The molecule has 0 rings (SSSR count). The van der Waals surface area contributed by atoms with Crippen molar-refractivity contribution in [2.24, 2.45) is 0 Å². The maximum Gasteiger partial charge on any atom is 0.306 e. The maximum atomic E-state index is 12.9. The Labute approximate surface area is 501 Å². The number of hydrogen-bond donors (Lipinski definition) is 0. The van der Waals surface area contributed by atoms with Crippen LogP contribution in [0, 0.1) is 0 Å². The van der Waals surface area contributed by atoms with E-state index in [-0.39, 0.29) is 31.1 Å². The molecule has 1 atom stereocenters. The first-order valence-corrected chi connectivity index (χ1v) is 34.4. The van der Waals surface area contributed by atoms with Crippen LogP contribution in [0.2, 0.25) is 0 Å². The van der Waals surface area contributed by atoms with Gasteiger partial charge in [0.2, 0.25) is 0 Å². The summed E-state index contributed by atoms with van der Waals surface area (Å²) >= 11 is 0. The van der Waals surface area contributed by atoms with Crippen molar-refractivity contribution >= 4 is 17.9 Å². The molecule has 0 spiro atoms. The van der Waals surface area contributed by atoms with Crippen molar-refractivity contribution in [3.63, 3.8) is 0 Å². The van der Waals surface area contributed by atoms with Crippen LogP contribution >= 0.6 is 0 Å². The zero-order valence-corrected chi connectivity index (χ0v) is 53.3. The van der Waals surface area contributed by atoms with Crippen LogP contribution in [0.4, 0.5) is 0 Å². The Morgan fingerprint density at radius 1 is 0.259 bits per heavy atom. The zero-order valence-electron chi connectivity index (χ0n) is 53.3. The molecule has 0 saturated heterocycles. The summed E-state index contributed by atoms with van der Waals surface area (Å²) in [6.07, 6.45) is 94.0. The minimum Gasteiger partial charge on any atom is -0.462 e. The molecule has 0 aliphatic heterocycles. The van der Waals surface area contributed by atoms with Crippen molar-refractivity contribution in [3.05, 3.63) is 109 Å². The number of hydrogen-bond acceptors (Lipinski definition) is 6. The van der Waals surface area contributed by atoms with Gasteiger partial charge in [0.15, 0.2) is 6.10 Å². The molecular weight excluding hydrogens is 997 g/mol. The first-order valence-electron chi connectivity index (χ1n) is 34.4. The molecule has 0 aromatic rings. The molecule has 1 unspecified atom stereocenters. The summed E-state index contributed by atoms with van der Waals surface area (Å²) < 4.78 is 16.9. The number of carbonyl (C=O) groups is 3. The third-order valence-electron chi connectivity index (χ3n) is 14.7. The van der Waals surface area contributed by atoms with Crippen molar-refractivity contribution in [2.75, 3.05) is 13.2 Å². The van der Waals surface area contributed by atoms with Gasteiger partial charge in [0.05, 0.1) is 0 Å². The van der Waals surface area contributed by atoms with Gasteiger partial charge in [-0.25, -0.2) is 0 Å². The first-order chi connectivity index (χ1) is 40.0. The summed E-state index contributed by atoms with van der Waals surface area (Å²) in [7, 11) is 0. The third-order valence-corrected chi connectivity index (χ3v) is 14.7. The molecule has 0 aromatic heterocycles. The van der Waals surface area contributed by atoms with E-state index in [1.807, 2.05) is 0 Å². The minimum absolute atomic E-state index is 0.0927. The Morgan fingerprint density at radius 3 is 0.815 bits per heavy atom. The van der Waals surface area contributed by atoms with Crippen LogP contribution in [0.3, 0.4) is 0 Å². The highest BCUT2D eigenvalue weighted by molar-refractivity contribution is 5.71. The van der Waals surface area contributed by atoms with Gasteiger partial charge in [-0.3, -0.25) is 14.4 Å². The summed E-state index contributed by atoms with van der Waals surface area (Å²) in [5, 5.41) is 0. The van der Waals surface area contributed by atoms with Gasteiger partial charge < -0.3 is 14.2 Å². The predicted octanol–water partition coefficient (Wildman–Crippen LogP) is 23.8. The summed E-state index contributed by atoms with van der Waals surface area (Å²) in [6.45, 7) is 6.46. The fourth-order valence-electron chi connectivity index (χ4n) is 9.60. The molecule has 81 heavy (non-hydrogen) atoms. The van der Waals surface area contributed by atoms with E-state index < -0.39 is 6.10 Å². The van der Waals surface area contributed by atoms with Crippen molar-refractivity contribution in [2.45, 2.75) is 335 Å². The van der Waals surface area contributed by atoms with Gasteiger partial charge in [0, 0.05) is 19.3 Å². The predicted molar refractivity (Wildman–Crippen MR) is 353 cm³/mol. The molecule has 0 saturated carbocycles. The van der Waals surface area contributed by atoms with Gasteiger partial charge in [-0.05, 0) is 122 Å². The molecule has 0 aliphatic rings. The van der Waals surface area contributed by atoms with Crippen molar-refractivity contribution in [3.8, 4) is 0 Å². The van der Waals surface area contributed by atoms with Crippen LogP contribution in [0.5, 0.6) is 0 Å². The van der Waals surface area contributed by atoms with E-state index in [9.17, 15) is 14.4 Å². The van der Waals surface area contributed by atoms with Gasteiger partial charge in [-0.1, -0.05) is 297 Å². The highest BCUT2D eigenvalue weighted by Gasteiger charge is 2.19. The average molecular weight is 1130 g/mol. The van der Waals surface area contributed by atoms with Crippen LogP contribution in [0.1, 0.15) is 329 Å². The highest BCUT2D eigenvalue weighted by Crippen LogP contribution is 2.17. The molecular formula is C75H128O6. The molecule has 0 heterocycles. The van der Waals surface area contributed by atoms with Crippen LogP contribution in [-0.4, -0.2) is 37.2 Å². The quantitative estimate of drug-likeness (QED) is 0.0261. The number of carbonyl (C=O) groups excluding carboxylic acids is 3. The van der Waals surface area contributed by atoms with Crippen LogP contribution in [0.15, 0.2) is 109 Å². The van der Waals surface area contributed by atoms with E-state index in [2.05, 4.69) is 130 Å². The maximum absolute atomic E-state index is 12.9. The van der Waals surface area contributed by atoms with Crippen LogP contribution in [0.25, 0.3) is 0 Å². The van der Waals surface area contributed by atoms with Crippen molar-refractivity contribution in [1.82, 2.24) is 0 Å². The second-order valence-electron chi connectivity index (χ2n) is 22.7. The Balaban J connectivity index is 4.33. The van der Waals surface area contributed by atoms with Crippen LogP contribution in [-0.2, 0) is 28.6 Å². The number of rotatable bonds is 62. The molecule has 6 nitrogen and oxygen atoms in total. The van der Waals surface area contributed by atoms with Gasteiger partial charge in [-0.15, -0.1) is 0 Å². The van der Waals surface area contributed by atoms with E-state index in [0.29, 0.717) is 19.3 Å². The van der Waals surface area contributed by atoms with E-state index in [4.69, 9.17) is 14.2 Å². The molecule has 0 aromatic carbocycles. The highest BCUT2D eigenvalue weighted by atomic mass is 16.6. The van der Waals surface area contributed by atoms with E-state index >= 15 is 0 Å². The Morgan fingerprint density at radius 2 is 0.506 bits per heavy atom. The smallest absolute Gasteiger partial charge is 0.306 e. The second-order valence-corrected chi connectivity index (χ2v) is 22.7. The first kappa shape index (κ1) is 77.1. The lowest BCUT2D eigenvalue weighted by Gasteiger charge is -2.18. The normalized spacial score (nSPS) is 12.8. The Bertz CT molecular complexity index is 1620. The summed E-state index contributed by atoms with van der Waals surface area (Å²) in [5.41, 5.74) is 0. The van der Waals surface area contributed by atoms with E-state index in [1.165, 1.54) is 148 Å². The molecule has 6 heteroatoms. The Hall–Kier alpha value is -3.93. The van der Waals surface area contributed by atoms with Crippen molar-refractivity contribution < 1.29 is 28.6 Å². The number of esters is 3. The van der Waals surface area contributed by atoms with Gasteiger partial charge in [0.1, 0.15) is 13.2 Å². The van der Waals surface area contributed by atoms with Crippen LogP contribution < -0.4 is 0 Å². The van der Waals surface area contributed by atoms with Crippen molar-refractivity contribution in [1.29, 1.82) is 0 Å². The lowest BCUT2D eigenvalue weighted by atomic mass is 10.0. The number of ether oxygens (including phenoxy) is 3. The molecule has 0 fully saturated rings. The fraction of sp³-hybridized carbons (Fsp3) is 0.720. The molecule has 0 amide bonds. The van der Waals surface area contributed by atoms with Gasteiger partial charge in [-0.2, -0.15) is 0 Å². The topological polar surface area (TPSA) is 78.9 Å². The lowest BCUT2D eigenvalue weighted by Crippen LogP contribution is -2.30. The molecule has 464 valence electrons. The summed E-state index contributed by atoms with van der Waals surface area (Å²) in [5.74, 6) is -0.923. The summed E-state index contributed by atoms with van der Waals surface area (Å²) in [4.78, 5) is 38.4. The molecule has 0 N–H and O–H groups in total. The number of unbranched alkanes of at least 4 members (excludes halogenated alkanes) is 33. The van der Waals surface area contributed by atoms with Gasteiger partial charge in [0.25, 0.3) is 0 Å². The van der Waals surface area contributed by atoms with E-state index in [0.717, 1.165) is 141 Å². The van der Waals surface area contributed by atoms with Gasteiger partial charge >= 0.3 is 17.9 Å². The standard InChI is InChI=1S/C75H128O6/c1-4-7-10-13-16-19-22-25-27-29-31-33-35-36-37-38-40-41-43-45-47-50-53-56-59-62-65-68-74(77)80-71-72(70-79-73(76)67-64-61-58-55-52-49-24-21-18-15-12-9-6-3)81-75(78)69-66-63-60-57-54-51-48-46-44-42-39-34-32-30-28-26-23-20-17-14-11-8-5-2/h8,11-12,15,17,20-21,24,26,28-29,31-32,34,42,44,48,51,72H,4-7,9-10,13-14,16,18-19,22-23,25,27,30,33,35-41,43,45-47,49-50,52-71H2,1-3H3/b11-8-,15-12-,20-17-,24-21-,28-26-,31-29-,34-32-,44-42-,51-48-.